The highest BCUT2D eigenvalue weighted by Crippen LogP contribution is 2.16. The van der Waals surface area contributed by atoms with E-state index in [0.29, 0.717) is 29.2 Å². The normalized spacial score (nSPS) is 10.0. The summed E-state index contributed by atoms with van der Waals surface area (Å²) in [5.74, 6) is 0.493. The second-order valence-corrected chi connectivity index (χ2v) is 5.25. The zero-order chi connectivity index (χ0) is 18.2. The lowest BCUT2D eigenvalue weighted by atomic mass is 10.1. The van der Waals surface area contributed by atoms with Gasteiger partial charge in [-0.05, 0) is 55.0 Å². The van der Waals surface area contributed by atoms with Crippen LogP contribution in [0, 0.1) is 6.92 Å². The Hall–Kier alpha value is -3.06. The first-order valence-corrected chi connectivity index (χ1v) is 7.65. The van der Waals surface area contributed by atoms with Crippen molar-refractivity contribution in [3.8, 4) is 11.5 Å². The van der Waals surface area contributed by atoms with Gasteiger partial charge in [0.05, 0.1) is 13.7 Å². The van der Waals surface area contributed by atoms with Crippen molar-refractivity contribution in [2.75, 3.05) is 20.3 Å². The first kappa shape index (κ1) is 18.3. The summed E-state index contributed by atoms with van der Waals surface area (Å²) in [5, 5.41) is 11.3. The molecule has 0 heterocycles. The maximum Gasteiger partial charge on any atom is 0.274 e. The molecule has 0 spiro atoms. The van der Waals surface area contributed by atoms with Gasteiger partial charge in [-0.2, -0.15) is 0 Å². The van der Waals surface area contributed by atoms with E-state index in [1.165, 1.54) is 12.1 Å². The largest absolute Gasteiger partial charge is 0.497 e. The van der Waals surface area contributed by atoms with E-state index < -0.39 is 5.91 Å². The molecule has 0 radical (unpaired) electrons. The number of hydrogen-bond acceptors (Lipinski definition) is 5. The predicted octanol–water partition coefficient (Wildman–Crippen LogP) is 1.93. The van der Waals surface area contributed by atoms with Gasteiger partial charge in [0.25, 0.3) is 11.8 Å². The van der Waals surface area contributed by atoms with E-state index in [9.17, 15) is 9.59 Å². The molecular formula is C18H20N2O5. The van der Waals surface area contributed by atoms with Gasteiger partial charge in [0.2, 0.25) is 0 Å². The molecule has 2 aromatic carbocycles. The van der Waals surface area contributed by atoms with Crippen LogP contribution in [-0.2, 0) is 0 Å². The number of hydroxylamine groups is 1. The Morgan fingerprint density at radius 2 is 1.72 bits per heavy atom. The fourth-order valence-corrected chi connectivity index (χ4v) is 2.21. The summed E-state index contributed by atoms with van der Waals surface area (Å²) in [7, 11) is 1.58. The van der Waals surface area contributed by atoms with E-state index in [0.717, 1.165) is 5.56 Å². The van der Waals surface area contributed by atoms with Gasteiger partial charge in [-0.25, -0.2) is 5.48 Å². The number of benzene rings is 2. The van der Waals surface area contributed by atoms with Crippen molar-refractivity contribution >= 4 is 11.8 Å². The van der Waals surface area contributed by atoms with Crippen LogP contribution in [-0.4, -0.2) is 37.3 Å². The van der Waals surface area contributed by atoms with Gasteiger partial charge in [0.1, 0.15) is 18.1 Å². The molecule has 0 aliphatic carbocycles. The molecule has 0 aliphatic rings. The summed E-state index contributed by atoms with van der Waals surface area (Å²) >= 11 is 0. The molecule has 132 valence electrons. The summed E-state index contributed by atoms with van der Waals surface area (Å²) < 4.78 is 10.6. The molecule has 0 bridgehead atoms. The Morgan fingerprint density at radius 3 is 2.32 bits per heavy atom. The predicted molar refractivity (Wildman–Crippen MR) is 91.3 cm³/mol. The van der Waals surface area contributed by atoms with Crippen molar-refractivity contribution in [2.45, 2.75) is 6.92 Å². The number of nitrogens with one attached hydrogen (secondary N) is 2. The maximum absolute atomic E-state index is 12.2. The lowest BCUT2D eigenvalue weighted by Crippen LogP contribution is -2.28. The van der Waals surface area contributed by atoms with Crippen molar-refractivity contribution < 1.29 is 24.3 Å². The molecule has 7 heteroatoms. The van der Waals surface area contributed by atoms with Crippen LogP contribution in [0.5, 0.6) is 11.5 Å². The molecule has 0 saturated heterocycles. The topological polar surface area (TPSA) is 96.9 Å². The molecule has 0 atom stereocenters. The maximum atomic E-state index is 12.2. The third-order valence-corrected chi connectivity index (χ3v) is 3.55. The first-order chi connectivity index (χ1) is 12.0. The van der Waals surface area contributed by atoms with Crippen LogP contribution in [0.3, 0.4) is 0 Å². The highest BCUT2D eigenvalue weighted by molar-refractivity contribution is 5.95. The summed E-state index contributed by atoms with van der Waals surface area (Å²) in [6, 6.07) is 11.5. The van der Waals surface area contributed by atoms with Crippen LogP contribution >= 0.6 is 0 Å². The molecule has 25 heavy (non-hydrogen) atoms. The van der Waals surface area contributed by atoms with Crippen LogP contribution in [0.4, 0.5) is 0 Å². The molecule has 3 N–H and O–H groups in total. The average Bonchev–Trinajstić information content (AvgIpc) is 2.64. The number of carbonyl (C=O) groups excluding carboxylic acids is 2. The van der Waals surface area contributed by atoms with Gasteiger partial charge in [0, 0.05) is 11.1 Å². The summed E-state index contributed by atoms with van der Waals surface area (Å²) in [4.78, 5) is 23.4. The molecule has 2 amide bonds. The Morgan fingerprint density at radius 1 is 1.04 bits per heavy atom. The van der Waals surface area contributed by atoms with E-state index in [-0.39, 0.29) is 12.5 Å². The fraction of sp³-hybridized carbons (Fsp3) is 0.222. The Balaban J connectivity index is 1.81. The Labute approximate surface area is 145 Å². The molecule has 2 aromatic rings. The zero-order valence-electron chi connectivity index (χ0n) is 14.0. The number of amides is 2. The second kappa shape index (κ2) is 8.70. The van der Waals surface area contributed by atoms with Crippen LogP contribution < -0.4 is 20.3 Å². The summed E-state index contributed by atoms with van der Waals surface area (Å²) in [6.45, 7) is 2.47. The van der Waals surface area contributed by atoms with Gasteiger partial charge in [-0.1, -0.05) is 0 Å². The highest BCUT2D eigenvalue weighted by Gasteiger charge is 2.09. The van der Waals surface area contributed by atoms with Gasteiger partial charge in [-0.3, -0.25) is 14.8 Å². The molecular weight excluding hydrogens is 324 g/mol. The third kappa shape index (κ3) is 4.95. The Bertz CT molecular complexity index is 744. The third-order valence-electron chi connectivity index (χ3n) is 3.55. The lowest BCUT2D eigenvalue weighted by Gasteiger charge is -2.10. The number of ether oxygens (including phenoxy) is 2. The minimum Gasteiger partial charge on any atom is -0.497 e. The number of methoxy groups -OCH3 is 1. The smallest absolute Gasteiger partial charge is 0.274 e. The van der Waals surface area contributed by atoms with E-state index in [4.69, 9.17) is 14.7 Å². The highest BCUT2D eigenvalue weighted by atomic mass is 16.5. The number of aryl methyl sites for hydroxylation is 1. The zero-order valence-corrected chi connectivity index (χ0v) is 14.0. The minimum atomic E-state index is -0.589. The van der Waals surface area contributed by atoms with Crippen molar-refractivity contribution in [2.24, 2.45) is 0 Å². The van der Waals surface area contributed by atoms with Crippen molar-refractivity contribution in [3.05, 3.63) is 59.2 Å². The number of rotatable bonds is 7. The van der Waals surface area contributed by atoms with Crippen molar-refractivity contribution in [1.82, 2.24) is 10.8 Å². The lowest BCUT2D eigenvalue weighted by molar-refractivity contribution is 0.0706. The molecule has 0 fully saturated rings. The fourth-order valence-electron chi connectivity index (χ4n) is 2.21. The standard InChI is InChI=1S/C18H20N2O5/c1-12-11-15(24-2)7-8-16(12)18(22)19-9-10-25-14-5-3-13(4-6-14)17(21)20-23/h3-8,11,23H,9-10H2,1-2H3,(H,19,22)(H,20,21). The monoisotopic (exact) mass is 344 g/mol. The first-order valence-electron chi connectivity index (χ1n) is 7.65. The quantitative estimate of drug-likeness (QED) is 0.405. The molecule has 0 unspecified atom stereocenters. The molecule has 0 aliphatic heterocycles. The molecule has 0 saturated carbocycles. The molecule has 7 nitrogen and oxygen atoms in total. The Kier molecular flexibility index (Phi) is 6.36. The average molecular weight is 344 g/mol. The number of carbonyl (C=O) groups is 2. The van der Waals surface area contributed by atoms with E-state index in [1.807, 2.05) is 6.92 Å². The van der Waals surface area contributed by atoms with E-state index in [1.54, 1.807) is 42.9 Å². The molecule has 0 aromatic heterocycles. The van der Waals surface area contributed by atoms with Crippen LogP contribution in [0.1, 0.15) is 26.3 Å². The minimum absolute atomic E-state index is 0.182. The van der Waals surface area contributed by atoms with Crippen LogP contribution in [0.25, 0.3) is 0 Å². The van der Waals surface area contributed by atoms with Gasteiger partial charge in [0.15, 0.2) is 0 Å². The van der Waals surface area contributed by atoms with Crippen molar-refractivity contribution in [3.63, 3.8) is 0 Å². The van der Waals surface area contributed by atoms with Crippen LogP contribution in [0.15, 0.2) is 42.5 Å². The summed E-state index contributed by atoms with van der Waals surface area (Å²) in [6.07, 6.45) is 0. The van der Waals surface area contributed by atoms with E-state index >= 15 is 0 Å². The van der Waals surface area contributed by atoms with Gasteiger partial charge < -0.3 is 14.8 Å². The van der Waals surface area contributed by atoms with Crippen LogP contribution in [0.2, 0.25) is 0 Å². The molecule has 2 rings (SSSR count). The second-order valence-electron chi connectivity index (χ2n) is 5.25. The van der Waals surface area contributed by atoms with Crippen molar-refractivity contribution in [1.29, 1.82) is 0 Å². The van der Waals surface area contributed by atoms with Gasteiger partial charge >= 0.3 is 0 Å². The van der Waals surface area contributed by atoms with Gasteiger partial charge in [-0.15, -0.1) is 0 Å². The number of hydrogen-bond donors (Lipinski definition) is 3. The SMILES string of the molecule is COc1ccc(C(=O)NCCOc2ccc(C(=O)NO)cc2)c(C)c1. The summed E-state index contributed by atoms with van der Waals surface area (Å²) in [5.41, 5.74) is 3.29. The van der Waals surface area contributed by atoms with E-state index in [2.05, 4.69) is 5.32 Å².